The van der Waals surface area contributed by atoms with Gasteiger partial charge in [0.25, 0.3) is 0 Å². The lowest BCUT2D eigenvalue weighted by atomic mass is 10.3. The van der Waals surface area contributed by atoms with Crippen LogP contribution >= 0.6 is 11.3 Å². The van der Waals surface area contributed by atoms with Gasteiger partial charge in [-0.15, -0.1) is 11.3 Å². The molecule has 4 amide bonds. The lowest BCUT2D eigenvalue weighted by molar-refractivity contribution is -0.144. The van der Waals surface area contributed by atoms with E-state index in [4.69, 9.17) is 4.74 Å². The number of amides is 4. The van der Waals surface area contributed by atoms with Crippen LogP contribution in [0.15, 0.2) is 46.7 Å². The highest BCUT2D eigenvalue weighted by atomic mass is 32.2. The Labute approximate surface area is 196 Å². The molecule has 2 saturated heterocycles. The number of sulfonamides is 1. The number of benzene rings is 1. The first-order chi connectivity index (χ1) is 15.8. The molecule has 176 valence electrons. The van der Waals surface area contributed by atoms with Gasteiger partial charge >= 0.3 is 17.8 Å². The van der Waals surface area contributed by atoms with Crippen molar-refractivity contribution in [1.29, 1.82) is 0 Å². The van der Waals surface area contributed by atoms with E-state index in [1.165, 1.54) is 34.9 Å². The van der Waals surface area contributed by atoms with Crippen molar-refractivity contribution in [2.75, 3.05) is 46.5 Å². The van der Waals surface area contributed by atoms with E-state index in [9.17, 15) is 22.8 Å². The first-order valence-corrected chi connectivity index (χ1v) is 12.7. The summed E-state index contributed by atoms with van der Waals surface area (Å²) in [6, 6.07) is 9.35. The average Bonchev–Trinajstić information content (AvgIpc) is 3.41. The molecular formula is C21H24N4O6S2. The lowest BCUT2D eigenvalue weighted by Gasteiger charge is -2.35. The van der Waals surface area contributed by atoms with Crippen molar-refractivity contribution in [3.63, 3.8) is 0 Å². The molecule has 3 heterocycles. The van der Waals surface area contributed by atoms with Crippen molar-refractivity contribution in [1.82, 2.24) is 19.0 Å². The van der Waals surface area contributed by atoms with Crippen molar-refractivity contribution < 1.29 is 27.5 Å². The standard InChI is InChI=1S/C21H24N4O6S2/c1-31-16-4-6-18(7-5-16)33(29,30)23-12-10-22(11-13-23)15-25-20(27)19(26)24(21(25)28)9-8-17-3-2-14-32-17/h2-7,14H,8-13,15H2,1H3. The second kappa shape index (κ2) is 9.59. The summed E-state index contributed by atoms with van der Waals surface area (Å²) in [7, 11) is -2.15. The van der Waals surface area contributed by atoms with Gasteiger partial charge in [0.1, 0.15) is 5.75 Å². The number of imide groups is 2. The van der Waals surface area contributed by atoms with Crippen LogP contribution in [0.2, 0.25) is 0 Å². The monoisotopic (exact) mass is 492 g/mol. The second-order valence-corrected chi connectivity index (χ2v) is 10.6. The molecule has 0 saturated carbocycles. The zero-order valence-electron chi connectivity index (χ0n) is 18.0. The summed E-state index contributed by atoms with van der Waals surface area (Å²) in [6.45, 7) is 1.18. The van der Waals surface area contributed by atoms with Crippen LogP contribution in [0, 0.1) is 0 Å². The van der Waals surface area contributed by atoms with Gasteiger partial charge in [-0.2, -0.15) is 4.31 Å². The van der Waals surface area contributed by atoms with Crippen LogP contribution in [0.5, 0.6) is 5.75 Å². The summed E-state index contributed by atoms with van der Waals surface area (Å²) in [4.78, 5) is 42.3. The fourth-order valence-electron chi connectivity index (χ4n) is 3.76. The van der Waals surface area contributed by atoms with Gasteiger partial charge in [-0.3, -0.25) is 19.4 Å². The normalized spacial score (nSPS) is 18.4. The molecule has 2 aromatic rings. The van der Waals surface area contributed by atoms with Crippen LogP contribution < -0.4 is 4.74 Å². The number of hydrogen-bond acceptors (Lipinski definition) is 8. The van der Waals surface area contributed by atoms with Crippen LogP contribution in [0.25, 0.3) is 0 Å². The summed E-state index contributed by atoms with van der Waals surface area (Å²) in [5, 5.41) is 1.91. The summed E-state index contributed by atoms with van der Waals surface area (Å²) in [5.74, 6) is -1.10. The van der Waals surface area contributed by atoms with Gasteiger partial charge in [0.2, 0.25) is 10.0 Å². The first kappa shape index (κ1) is 23.4. The minimum Gasteiger partial charge on any atom is -0.497 e. The largest absolute Gasteiger partial charge is 0.497 e. The van der Waals surface area contributed by atoms with Crippen molar-refractivity contribution in [3.05, 3.63) is 46.7 Å². The molecule has 2 aliphatic rings. The van der Waals surface area contributed by atoms with Gasteiger partial charge in [0, 0.05) is 44.0 Å². The third kappa shape index (κ3) is 4.78. The molecule has 33 heavy (non-hydrogen) atoms. The lowest BCUT2D eigenvalue weighted by Crippen LogP contribution is -2.52. The van der Waals surface area contributed by atoms with Crippen LogP contribution in [-0.4, -0.2) is 91.8 Å². The molecule has 0 unspecified atom stereocenters. The Morgan fingerprint density at radius 3 is 2.21 bits per heavy atom. The quantitative estimate of drug-likeness (QED) is 0.400. The molecule has 2 aliphatic heterocycles. The minimum atomic E-state index is -3.66. The molecule has 0 aliphatic carbocycles. The summed E-state index contributed by atoms with van der Waals surface area (Å²) < 4.78 is 32.2. The van der Waals surface area contributed by atoms with E-state index in [1.54, 1.807) is 17.0 Å². The Kier molecular flexibility index (Phi) is 6.79. The van der Waals surface area contributed by atoms with Crippen LogP contribution in [0.1, 0.15) is 4.88 Å². The molecule has 1 aromatic carbocycles. The summed E-state index contributed by atoms with van der Waals surface area (Å²) in [5.41, 5.74) is 0. The van der Waals surface area contributed by atoms with Gasteiger partial charge in [-0.25, -0.2) is 18.1 Å². The molecule has 0 N–H and O–H groups in total. The molecular weight excluding hydrogens is 468 g/mol. The van der Waals surface area contributed by atoms with E-state index in [0.717, 1.165) is 14.7 Å². The number of methoxy groups -OCH3 is 1. The Bertz CT molecular complexity index is 1130. The molecule has 2 fully saturated rings. The minimum absolute atomic E-state index is 0.0463. The van der Waals surface area contributed by atoms with Gasteiger partial charge < -0.3 is 4.74 Å². The number of thiophene rings is 1. The molecule has 12 heteroatoms. The van der Waals surface area contributed by atoms with Gasteiger partial charge in [-0.1, -0.05) is 6.07 Å². The maximum atomic E-state index is 12.9. The number of nitrogens with zero attached hydrogens (tertiary/aromatic N) is 4. The number of carbonyl (C=O) groups excluding carboxylic acids is 3. The van der Waals surface area contributed by atoms with Crippen molar-refractivity contribution in [2.24, 2.45) is 0 Å². The Hall–Kier alpha value is -2.80. The summed E-state index contributed by atoms with van der Waals surface area (Å²) in [6.07, 6.45) is 0.498. The SMILES string of the molecule is COc1ccc(S(=O)(=O)N2CCN(CN3C(=O)C(=O)N(CCc4cccs4)C3=O)CC2)cc1. The molecule has 0 spiro atoms. The number of hydrogen-bond donors (Lipinski definition) is 0. The number of urea groups is 1. The zero-order chi connectivity index (χ0) is 23.6. The topological polar surface area (TPSA) is 108 Å². The van der Waals surface area contributed by atoms with Crippen molar-refractivity contribution in [3.8, 4) is 5.75 Å². The van der Waals surface area contributed by atoms with E-state index in [2.05, 4.69) is 0 Å². The van der Waals surface area contributed by atoms with Gasteiger partial charge in [-0.05, 0) is 35.7 Å². The highest BCUT2D eigenvalue weighted by Gasteiger charge is 2.45. The number of carbonyl (C=O) groups is 3. The maximum absolute atomic E-state index is 12.9. The molecule has 0 radical (unpaired) electrons. The zero-order valence-corrected chi connectivity index (χ0v) is 19.7. The molecule has 0 atom stereocenters. The van der Waals surface area contributed by atoms with E-state index < -0.39 is 27.9 Å². The van der Waals surface area contributed by atoms with E-state index in [-0.39, 0.29) is 31.2 Å². The predicted molar refractivity (Wildman–Crippen MR) is 120 cm³/mol. The predicted octanol–water partition coefficient (Wildman–Crippen LogP) is 1.05. The van der Waals surface area contributed by atoms with Crippen molar-refractivity contribution in [2.45, 2.75) is 11.3 Å². The Morgan fingerprint density at radius 2 is 1.61 bits per heavy atom. The molecule has 0 bridgehead atoms. The molecule has 1 aromatic heterocycles. The third-order valence-electron chi connectivity index (χ3n) is 5.67. The molecule has 4 rings (SSSR count). The van der Waals surface area contributed by atoms with E-state index in [1.807, 2.05) is 17.5 Å². The smallest absolute Gasteiger partial charge is 0.335 e. The van der Waals surface area contributed by atoms with E-state index >= 15 is 0 Å². The fourth-order valence-corrected chi connectivity index (χ4v) is 5.88. The van der Waals surface area contributed by atoms with Crippen LogP contribution in [0.4, 0.5) is 4.79 Å². The van der Waals surface area contributed by atoms with E-state index in [0.29, 0.717) is 25.3 Å². The molecule has 10 nitrogen and oxygen atoms in total. The highest BCUT2D eigenvalue weighted by Crippen LogP contribution is 2.21. The number of piperazine rings is 1. The first-order valence-electron chi connectivity index (χ1n) is 10.4. The van der Waals surface area contributed by atoms with Gasteiger partial charge in [0.15, 0.2) is 0 Å². The van der Waals surface area contributed by atoms with Crippen LogP contribution in [0.3, 0.4) is 0 Å². The van der Waals surface area contributed by atoms with Crippen molar-refractivity contribution >= 4 is 39.2 Å². The third-order valence-corrected chi connectivity index (χ3v) is 8.52. The fraction of sp³-hybridized carbons (Fsp3) is 0.381. The maximum Gasteiger partial charge on any atom is 0.335 e. The average molecular weight is 493 g/mol. The Balaban J connectivity index is 1.34. The van der Waals surface area contributed by atoms with Gasteiger partial charge in [0.05, 0.1) is 18.7 Å². The number of rotatable bonds is 8. The highest BCUT2D eigenvalue weighted by molar-refractivity contribution is 7.89. The Morgan fingerprint density at radius 1 is 0.939 bits per heavy atom. The second-order valence-electron chi connectivity index (χ2n) is 7.64. The summed E-state index contributed by atoms with van der Waals surface area (Å²) >= 11 is 1.53. The number of ether oxygens (including phenoxy) is 1. The van der Waals surface area contributed by atoms with Crippen LogP contribution in [-0.2, 0) is 26.0 Å².